The Labute approximate surface area is 100.0 Å². The molecule has 1 saturated carbocycles. The van der Waals surface area contributed by atoms with Gasteiger partial charge in [0.25, 0.3) is 0 Å². The quantitative estimate of drug-likeness (QED) is 0.779. The number of carbonyl (C=O) groups excluding carboxylic acids is 1. The van der Waals surface area contributed by atoms with Crippen LogP contribution in [-0.2, 0) is 4.79 Å². The van der Waals surface area contributed by atoms with Gasteiger partial charge in [0, 0.05) is 11.6 Å². The SMILES string of the molecule is CC1(C)CC1C(=O)Nc1ccc(N)c(Cl)c1. The number of carbonyl (C=O) groups is 1. The lowest BCUT2D eigenvalue weighted by atomic mass is 10.1. The molecule has 0 saturated heterocycles. The Kier molecular flexibility index (Phi) is 2.58. The largest absolute Gasteiger partial charge is 0.398 e. The Morgan fingerprint density at radius 2 is 2.19 bits per heavy atom. The number of nitrogen functional groups attached to an aromatic ring is 1. The van der Waals surface area contributed by atoms with E-state index < -0.39 is 0 Å². The van der Waals surface area contributed by atoms with Crippen LogP contribution in [0.15, 0.2) is 18.2 Å². The summed E-state index contributed by atoms with van der Waals surface area (Å²) < 4.78 is 0. The number of benzene rings is 1. The highest BCUT2D eigenvalue weighted by atomic mass is 35.5. The summed E-state index contributed by atoms with van der Waals surface area (Å²) in [6.45, 7) is 4.18. The van der Waals surface area contributed by atoms with Crippen LogP contribution in [0.25, 0.3) is 0 Å². The lowest BCUT2D eigenvalue weighted by molar-refractivity contribution is -0.117. The van der Waals surface area contributed by atoms with Crippen molar-refractivity contribution in [2.24, 2.45) is 11.3 Å². The van der Waals surface area contributed by atoms with Crippen molar-refractivity contribution in [3.63, 3.8) is 0 Å². The predicted molar refractivity (Wildman–Crippen MR) is 66.4 cm³/mol. The summed E-state index contributed by atoms with van der Waals surface area (Å²) >= 11 is 5.87. The highest BCUT2D eigenvalue weighted by Gasteiger charge is 2.50. The van der Waals surface area contributed by atoms with Gasteiger partial charge in [0.1, 0.15) is 0 Å². The first-order valence-electron chi connectivity index (χ1n) is 5.26. The van der Waals surface area contributed by atoms with E-state index in [4.69, 9.17) is 17.3 Å². The van der Waals surface area contributed by atoms with E-state index in [9.17, 15) is 4.79 Å². The molecule has 0 bridgehead atoms. The topological polar surface area (TPSA) is 55.1 Å². The van der Waals surface area contributed by atoms with Crippen molar-refractivity contribution in [1.29, 1.82) is 0 Å². The number of hydrogen-bond donors (Lipinski definition) is 2. The first-order valence-corrected chi connectivity index (χ1v) is 5.64. The average Bonchev–Trinajstić information content (AvgIpc) is 2.82. The maximum Gasteiger partial charge on any atom is 0.228 e. The summed E-state index contributed by atoms with van der Waals surface area (Å²) in [6, 6.07) is 5.12. The van der Waals surface area contributed by atoms with Gasteiger partial charge in [0.15, 0.2) is 0 Å². The molecule has 0 spiro atoms. The van der Waals surface area contributed by atoms with Crippen molar-refractivity contribution in [2.75, 3.05) is 11.1 Å². The molecule has 1 amide bonds. The fourth-order valence-electron chi connectivity index (χ4n) is 1.75. The number of amides is 1. The Balaban J connectivity index is 2.05. The molecule has 1 aliphatic carbocycles. The average molecular weight is 239 g/mol. The van der Waals surface area contributed by atoms with Gasteiger partial charge in [0.2, 0.25) is 5.91 Å². The number of nitrogens with two attached hydrogens (primary N) is 1. The van der Waals surface area contributed by atoms with Crippen LogP contribution in [0.2, 0.25) is 5.02 Å². The van der Waals surface area contributed by atoms with E-state index in [2.05, 4.69) is 19.2 Å². The minimum atomic E-state index is 0.0610. The zero-order chi connectivity index (χ0) is 11.9. The number of hydrogen-bond acceptors (Lipinski definition) is 2. The molecule has 4 heteroatoms. The van der Waals surface area contributed by atoms with E-state index in [1.165, 1.54) is 0 Å². The van der Waals surface area contributed by atoms with Gasteiger partial charge in [-0.1, -0.05) is 25.4 Å². The van der Waals surface area contributed by atoms with Gasteiger partial charge < -0.3 is 11.1 Å². The molecular formula is C12H15ClN2O. The van der Waals surface area contributed by atoms with Crippen molar-refractivity contribution >= 4 is 28.9 Å². The molecule has 0 heterocycles. The van der Waals surface area contributed by atoms with Crippen LogP contribution in [0.5, 0.6) is 0 Å². The van der Waals surface area contributed by atoms with E-state index in [-0.39, 0.29) is 17.2 Å². The molecule has 2 rings (SSSR count). The van der Waals surface area contributed by atoms with Crippen LogP contribution in [0, 0.1) is 11.3 Å². The van der Waals surface area contributed by atoms with Crippen molar-refractivity contribution in [3.8, 4) is 0 Å². The second-order valence-corrected chi connectivity index (χ2v) is 5.38. The molecule has 0 aliphatic heterocycles. The lowest BCUT2D eigenvalue weighted by Crippen LogP contribution is -2.16. The molecule has 3 nitrogen and oxygen atoms in total. The number of halogens is 1. The molecular weight excluding hydrogens is 224 g/mol. The molecule has 0 radical (unpaired) electrons. The minimum absolute atomic E-state index is 0.0610. The van der Waals surface area contributed by atoms with E-state index in [1.54, 1.807) is 18.2 Å². The highest BCUT2D eigenvalue weighted by Crippen LogP contribution is 2.52. The summed E-state index contributed by atoms with van der Waals surface area (Å²) in [5, 5.41) is 3.31. The first kappa shape index (κ1) is 11.3. The minimum Gasteiger partial charge on any atom is -0.398 e. The third-order valence-electron chi connectivity index (χ3n) is 3.10. The van der Waals surface area contributed by atoms with Gasteiger partial charge in [-0.3, -0.25) is 4.79 Å². The van der Waals surface area contributed by atoms with Crippen LogP contribution >= 0.6 is 11.6 Å². The Morgan fingerprint density at radius 1 is 1.56 bits per heavy atom. The van der Waals surface area contributed by atoms with Gasteiger partial charge in [0.05, 0.1) is 10.7 Å². The molecule has 1 atom stereocenters. The number of rotatable bonds is 2. The third-order valence-corrected chi connectivity index (χ3v) is 3.43. The summed E-state index contributed by atoms with van der Waals surface area (Å²) in [4.78, 5) is 11.8. The first-order chi connectivity index (χ1) is 7.40. The number of nitrogens with one attached hydrogen (secondary N) is 1. The zero-order valence-corrected chi connectivity index (χ0v) is 10.1. The fraction of sp³-hybridized carbons (Fsp3) is 0.417. The second kappa shape index (κ2) is 3.67. The highest BCUT2D eigenvalue weighted by molar-refractivity contribution is 6.33. The van der Waals surface area contributed by atoms with Crippen LogP contribution in [0.4, 0.5) is 11.4 Å². The maximum atomic E-state index is 11.8. The standard InChI is InChI=1S/C12H15ClN2O/c1-12(2)6-8(12)11(16)15-7-3-4-10(14)9(13)5-7/h3-5,8H,6,14H2,1-2H3,(H,15,16). The smallest absolute Gasteiger partial charge is 0.228 e. The predicted octanol–water partition coefficient (Wildman–Crippen LogP) is 2.91. The maximum absolute atomic E-state index is 11.8. The molecule has 3 N–H and O–H groups in total. The van der Waals surface area contributed by atoms with Crippen LogP contribution < -0.4 is 11.1 Å². The third kappa shape index (κ3) is 2.14. The summed E-state index contributed by atoms with van der Waals surface area (Å²) in [6.07, 6.45) is 0.946. The van der Waals surface area contributed by atoms with Crippen molar-refractivity contribution < 1.29 is 4.79 Å². The van der Waals surface area contributed by atoms with Crippen LogP contribution in [0.1, 0.15) is 20.3 Å². The van der Waals surface area contributed by atoms with E-state index in [0.717, 1.165) is 6.42 Å². The molecule has 1 aliphatic rings. The molecule has 16 heavy (non-hydrogen) atoms. The van der Waals surface area contributed by atoms with E-state index in [1.807, 2.05) is 0 Å². The van der Waals surface area contributed by atoms with Gasteiger partial charge >= 0.3 is 0 Å². The zero-order valence-electron chi connectivity index (χ0n) is 9.38. The molecule has 1 aromatic carbocycles. The van der Waals surface area contributed by atoms with Crippen molar-refractivity contribution in [3.05, 3.63) is 23.2 Å². The van der Waals surface area contributed by atoms with Crippen molar-refractivity contribution in [1.82, 2.24) is 0 Å². The molecule has 0 aromatic heterocycles. The Hall–Kier alpha value is -1.22. The summed E-state index contributed by atoms with van der Waals surface area (Å²) in [5.41, 5.74) is 6.95. The van der Waals surface area contributed by atoms with E-state index in [0.29, 0.717) is 16.4 Å². The van der Waals surface area contributed by atoms with E-state index >= 15 is 0 Å². The molecule has 1 unspecified atom stereocenters. The van der Waals surface area contributed by atoms with Gasteiger partial charge in [-0.2, -0.15) is 0 Å². The summed E-state index contributed by atoms with van der Waals surface area (Å²) in [5.74, 6) is 0.176. The lowest BCUT2D eigenvalue weighted by Gasteiger charge is -2.07. The molecule has 86 valence electrons. The summed E-state index contributed by atoms with van der Waals surface area (Å²) in [7, 11) is 0. The monoisotopic (exact) mass is 238 g/mol. The van der Waals surface area contributed by atoms with Crippen molar-refractivity contribution in [2.45, 2.75) is 20.3 Å². The molecule has 1 fully saturated rings. The van der Waals surface area contributed by atoms with Gasteiger partial charge in [-0.25, -0.2) is 0 Å². The fourth-order valence-corrected chi connectivity index (χ4v) is 1.93. The van der Waals surface area contributed by atoms with Gasteiger partial charge in [-0.05, 0) is 30.0 Å². The molecule has 1 aromatic rings. The Morgan fingerprint density at radius 3 is 2.69 bits per heavy atom. The normalized spacial score (nSPS) is 21.6. The second-order valence-electron chi connectivity index (χ2n) is 4.97. The van der Waals surface area contributed by atoms with Crippen LogP contribution in [-0.4, -0.2) is 5.91 Å². The van der Waals surface area contributed by atoms with Gasteiger partial charge in [-0.15, -0.1) is 0 Å². The Bertz CT molecular complexity index is 443. The van der Waals surface area contributed by atoms with Crippen LogP contribution in [0.3, 0.4) is 0 Å². The number of anilines is 2.